The van der Waals surface area contributed by atoms with Crippen LogP contribution >= 0.6 is 0 Å². The summed E-state index contributed by atoms with van der Waals surface area (Å²) >= 11 is 0. The molecule has 4 N–H and O–H groups in total. The molecule has 7 heteroatoms. The lowest BCUT2D eigenvalue weighted by atomic mass is 10.4. The van der Waals surface area contributed by atoms with E-state index in [0.717, 1.165) is 0 Å². The van der Waals surface area contributed by atoms with E-state index in [-0.39, 0.29) is 0 Å². The van der Waals surface area contributed by atoms with Gasteiger partial charge in [-0.25, -0.2) is 15.0 Å². The van der Waals surface area contributed by atoms with E-state index in [1.165, 1.54) is 6.33 Å². The number of nitrogens with two attached hydrogens (primary N) is 1. The predicted octanol–water partition coefficient (Wildman–Crippen LogP) is 0.00560. The van der Waals surface area contributed by atoms with Crippen molar-refractivity contribution in [3.05, 3.63) is 6.33 Å². The highest BCUT2D eigenvalue weighted by molar-refractivity contribution is 5.73. The maximum absolute atomic E-state index is 5.90. The number of rotatable bonds is 6. The van der Waals surface area contributed by atoms with Crippen molar-refractivity contribution in [1.82, 2.24) is 15.0 Å². The Hall–Kier alpha value is -1.60. The van der Waals surface area contributed by atoms with Crippen LogP contribution in [-0.2, 0) is 4.74 Å². The van der Waals surface area contributed by atoms with E-state index in [9.17, 15) is 0 Å². The summed E-state index contributed by atoms with van der Waals surface area (Å²) < 4.78 is 4.93. The molecule has 1 heterocycles. The van der Waals surface area contributed by atoms with Gasteiger partial charge in [-0.05, 0) is 0 Å². The Morgan fingerprint density at radius 1 is 1.38 bits per heavy atom. The minimum atomic E-state index is 0.493. The van der Waals surface area contributed by atoms with Crippen LogP contribution in [0.25, 0.3) is 0 Å². The van der Waals surface area contributed by atoms with Gasteiger partial charge in [-0.3, -0.25) is 0 Å². The summed E-state index contributed by atoms with van der Waals surface area (Å²) in [6, 6.07) is 0. The number of nitrogens with one attached hydrogen (secondary N) is 2. The van der Waals surface area contributed by atoms with Crippen molar-refractivity contribution in [2.45, 2.75) is 0 Å². The van der Waals surface area contributed by atoms with Crippen molar-refractivity contribution >= 4 is 17.3 Å². The predicted molar refractivity (Wildman–Crippen MR) is 64.1 cm³/mol. The minimum absolute atomic E-state index is 0.493. The number of aromatic nitrogens is 2. The molecule has 7 nitrogen and oxygen atoms in total. The van der Waals surface area contributed by atoms with Crippen LogP contribution in [0.2, 0.25) is 0 Å². The third-order valence-corrected chi connectivity index (χ3v) is 1.81. The Kier molecular flexibility index (Phi) is 4.74. The summed E-state index contributed by atoms with van der Waals surface area (Å²) in [7, 11) is 5.36. The van der Waals surface area contributed by atoms with Gasteiger partial charge < -0.3 is 21.2 Å². The van der Waals surface area contributed by atoms with Gasteiger partial charge in [0, 0.05) is 27.7 Å². The van der Waals surface area contributed by atoms with Gasteiger partial charge in [0.15, 0.2) is 11.6 Å². The number of nitrogens with zero attached hydrogens (tertiary/aromatic N) is 3. The van der Waals surface area contributed by atoms with Crippen LogP contribution in [0.4, 0.5) is 17.3 Å². The first-order valence-corrected chi connectivity index (χ1v) is 4.92. The lowest BCUT2D eigenvalue weighted by Gasteiger charge is -2.15. The molecule has 1 aromatic rings. The average Bonchev–Trinajstić information content (AvgIpc) is 2.23. The zero-order valence-electron chi connectivity index (χ0n) is 9.82. The number of hydrogen-bond acceptors (Lipinski definition) is 7. The molecule has 90 valence electrons. The van der Waals surface area contributed by atoms with Gasteiger partial charge in [-0.1, -0.05) is 0 Å². The second kappa shape index (κ2) is 6.09. The number of anilines is 3. The molecule has 0 aromatic carbocycles. The molecule has 0 amide bonds. The summed E-state index contributed by atoms with van der Waals surface area (Å²) in [5.41, 5.74) is 9.38. The number of hydrogen-bond donors (Lipinski definition) is 3. The van der Waals surface area contributed by atoms with Crippen molar-refractivity contribution in [1.29, 1.82) is 0 Å². The Bertz CT molecular complexity index is 330. The van der Waals surface area contributed by atoms with E-state index >= 15 is 0 Å². The van der Waals surface area contributed by atoms with Crippen LogP contribution in [0.5, 0.6) is 0 Å². The highest BCUT2D eigenvalue weighted by atomic mass is 16.5. The van der Waals surface area contributed by atoms with E-state index in [0.29, 0.717) is 30.5 Å². The Morgan fingerprint density at radius 2 is 2.06 bits per heavy atom. The van der Waals surface area contributed by atoms with Gasteiger partial charge in [-0.15, -0.1) is 0 Å². The summed E-state index contributed by atoms with van der Waals surface area (Å²) in [6.07, 6.45) is 1.46. The Balaban J connectivity index is 2.70. The van der Waals surface area contributed by atoms with Crippen molar-refractivity contribution in [2.75, 3.05) is 50.8 Å². The summed E-state index contributed by atoms with van der Waals surface area (Å²) in [5, 5.41) is 4.83. The number of hydrazine groups is 1. The molecular formula is C9H18N6O. The fourth-order valence-electron chi connectivity index (χ4n) is 1.11. The summed E-state index contributed by atoms with van der Waals surface area (Å²) in [4.78, 5) is 8.10. The van der Waals surface area contributed by atoms with Gasteiger partial charge in [0.05, 0.1) is 6.61 Å². The first-order chi connectivity index (χ1) is 7.65. The monoisotopic (exact) mass is 226 g/mol. The van der Waals surface area contributed by atoms with Gasteiger partial charge in [0.25, 0.3) is 0 Å². The van der Waals surface area contributed by atoms with Crippen molar-refractivity contribution in [2.24, 2.45) is 0 Å². The van der Waals surface area contributed by atoms with Gasteiger partial charge in [0.1, 0.15) is 12.0 Å². The summed E-state index contributed by atoms with van der Waals surface area (Å²) in [5.74, 6) is 1.19. The molecule has 0 aliphatic carbocycles. The third kappa shape index (κ3) is 3.52. The first kappa shape index (κ1) is 12.5. The quantitative estimate of drug-likeness (QED) is 0.465. The molecule has 1 rings (SSSR count). The highest BCUT2D eigenvalue weighted by Gasteiger charge is 2.07. The van der Waals surface area contributed by atoms with Gasteiger partial charge >= 0.3 is 0 Å². The molecule has 0 saturated carbocycles. The van der Waals surface area contributed by atoms with Crippen LogP contribution in [-0.4, -0.2) is 49.3 Å². The number of methoxy groups -OCH3 is 1. The van der Waals surface area contributed by atoms with Crippen molar-refractivity contribution in [3.8, 4) is 0 Å². The smallest absolute Gasteiger partial charge is 0.169 e. The molecule has 0 atom stereocenters. The zero-order chi connectivity index (χ0) is 12.0. The van der Waals surface area contributed by atoms with Gasteiger partial charge in [-0.2, -0.15) is 0 Å². The molecule has 0 unspecified atom stereocenters. The van der Waals surface area contributed by atoms with Crippen LogP contribution in [0.1, 0.15) is 0 Å². The van der Waals surface area contributed by atoms with Crippen molar-refractivity contribution in [3.63, 3.8) is 0 Å². The second-order valence-corrected chi connectivity index (χ2v) is 3.41. The number of nitrogen functional groups attached to an aromatic ring is 1. The minimum Gasteiger partial charge on any atom is -0.393 e. The maximum Gasteiger partial charge on any atom is 0.169 e. The zero-order valence-corrected chi connectivity index (χ0v) is 9.82. The molecule has 0 saturated heterocycles. The van der Waals surface area contributed by atoms with Crippen LogP contribution < -0.4 is 16.5 Å². The van der Waals surface area contributed by atoms with E-state index in [1.54, 1.807) is 12.1 Å². The maximum atomic E-state index is 5.90. The lowest BCUT2D eigenvalue weighted by Crippen LogP contribution is -2.22. The first-order valence-electron chi connectivity index (χ1n) is 4.92. The normalized spacial score (nSPS) is 10.5. The fraction of sp³-hybridized carbons (Fsp3) is 0.556. The fourth-order valence-corrected chi connectivity index (χ4v) is 1.11. The largest absolute Gasteiger partial charge is 0.393 e. The Labute approximate surface area is 95.0 Å². The SMILES string of the molecule is COCCNc1ncnc(NN(C)C)c1N. The molecule has 0 bridgehead atoms. The summed E-state index contributed by atoms with van der Waals surface area (Å²) in [6.45, 7) is 1.25. The molecule has 0 radical (unpaired) electrons. The lowest BCUT2D eigenvalue weighted by molar-refractivity contribution is 0.210. The molecule has 0 fully saturated rings. The molecule has 0 spiro atoms. The van der Waals surface area contributed by atoms with Crippen molar-refractivity contribution < 1.29 is 4.74 Å². The van der Waals surface area contributed by atoms with E-state index in [2.05, 4.69) is 20.7 Å². The highest BCUT2D eigenvalue weighted by Crippen LogP contribution is 2.21. The Morgan fingerprint density at radius 3 is 2.69 bits per heavy atom. The van der Waals surface area contributed by atoms with E-state index in [1.807, 2.05) is 14.1 Å². The standard InChI is InChI=1S/C9H18N6O/c1-15(2)14-9-7(10)8(12-6-13-9)11-4-5-16-3/h6H,4-5,10H2,1-3H3,(H2,11,12,13,14). The number of ether oxygens (including phenoxy) is 1. The molecule has 0 aliphatic rings. The van der Waals surface area contributed by atoms with Gasteiger partial charge in [0.2, 0.25) is 0 Å². The van der Waals surface area contributed by atoms with E-state index < -0.39 is 0 Å². The van der Waals surface area contributed by atoms with E-state index in [4.69, 9.17) is 10.5 Å². The average molecular weight is 226 g/mol. The third-order valence-electron chi connectivity index (χ3n) is 1.81. The molecule has 1 aromatic heterocycles. The molecule has 16 heavy (non-hydrogen) atoms. The van der Waals surface area contributed by atoms with Crippen LogP contribution in [0.3, 0.4) is 0 Å². The second-order valence-electron chi connectivity index (χ2n) is 3.41. The topological polar surface area (TPSA) is 88.3 Å². The molecular weight excluding hydrogens is 208 g/mol. The molecule has 0 aliphatic heterocycles. The van der Waals surface area contributed by atoms with Crippen LogP contribution in [0, 0.1) is 0 Å². The van der Waals surface area contributed by atoms with Crippen LogP contribution in [0.15, 0.2) is 6.33 Å².